The SMILES string of the molecule is CCCN1CCN(C[C@H](O)CO[C@H](C)c2ccc(Cl)cc2)CC1. The minimum Gasteiger partial charge on any atom is -0.389 e. The second-order valence-electron chi connectivity index (χ2n) is 6.32. The normalized spacial score (nSPS) is 19.7. The first-order valence-electron chi connectivity index (χ1n) is 8.58. The maximum Gasteiger partial charge on any atom is 0.0900 e. The average Bonchev–Trinajstić information content (AvgIpc) is 2.55. The highest BCUT2D eigenvalue weighted by atomic mass is 35.5. The van der Waals surface area contributed by atoms with Crippen LogP contribution in [0.3, 0.4) is 0 Å². The van der Waals surface area contributed by atoms with Gasteiger partial charge in [-0.05, 0) is 37.6 Å². The number of aliphatic hydroxyl groups is 1. The van der Waals surface area contributed by atoms with Crippen molar-refractivity contribution in [3.05, 3.63) is 34.9 Å². The first-order valence-corrected chi connectivity index (χ1v) is 8.96. The van der Waals surface area contributed by atoms with Gasteiger partial charge in [0.25, 0.3) is 0 Å². The Hall–Kier alpha value is -0.650. The summed E-state index contributed by atoms with van der Waals surface area (Å²) in [6.07, 6.45) is 0.727. The van der Waals surface area contributed by atoms with Crippen LogP contribution in [0.2, 0.25) is 5.02 Å². The molecule has 1 aliphatic heterocycles. The Morgan fingerprint density at radius 3 is 2.35 bits per heavy atom. The molecule has 1 aliphatic rings. The largest absolute Gasteiger partial charge is 0.389 e. The molecule has 0 saturated carbocycles. The molecule has 0 spiro atoms. The van der Waals surface area contributed by atoms with E-state index >= 15 is 0 Å². The Morgan fingerprint density at radius 1 is 1.13 bits per heavy atom. The fourth-order valence-corrected chi connectivity index (χ4v) is 3.07. The Kier molecular flexibility index (Phi) is 7.80. The highest BCUT2D eigenvalue weighted by Crippen LogP contribution is 2.19. The molecule has 1 saturated heterocycles. The predicted octanol–water partition coefficient (Wildman–Crippen LogP) is 2.81. The molecule has 0 bridgehead atoms. The molecule has 4 nitrogen and oxygen atoms in total. The number of piperazine rings is 1. The van der Waals surface area contributed by atoms with E-state index in [4.69, 9.17) is 16.3 Å². The third-order valence-electron chi connectivity index (χ3n) is 4.35. The van der Waals surface area contributed by atoms with Gasteiger partial charge in [0.05, 0.1) is 18.8 Å². The fourth-order valence-electron chi connectivity index (χ4n) is 2.95. The van der Waals surface area contributed by atoms with E-state index in [1.165, 1.54) is 13.0 Å². The van der Waals surface area contributed by atoms with Gasteiger partial charge in [-0.3, -0.25) is 4.90 Å². The maximum atomic E-state index is 10.2. The van der Waals surface area contributed by atoms with Crippen molar-refractivity contribution in [2.24, 2.45) is 0 Å². The Labute approximate surface area is 145 Å². The minimum absolute atomic E-state index is 0.0386. The van der Waals surface area contributed by atoms with E-state index in [2.05, 4.69) is 16.7 Å². The van der Waals surface area contributed by atoms with Crippen molar-refractivity contribution in [1.29, 1.82) is 0 Å². The van der Waals surface area contributed by atoms with Crippen molar-refractivity contribution in [3.8, 4) is 0 Å². The van der Waals surface area contributed by atoms with Gasteiger partial charge >= 0.3 is 0 Å². The van der Waals surface area contributed by atoms with E-state index in [0.29, 0.717) is 13.2 Å². The number of hydrogen-bond acceptors (Lipinski definition) is 4. The molecule has 1 aromatic carbocycles. The van der Waals surface area contributed by atoms with E-state index in [9.17, 15) is 5.11 Å². The molecule has 130 valence electrons. The number of halogens is 1. The van der Waals surface area contributed by atoms with Crippen LogP contribution in [-0.2, 0) is 4.74 Å². The van der Waals surface area contributed by atoms with E-state index in [0.717, 1.165) is 36.8 Å². The second kappa shape index (κ2) is 9.60. The molecule has 0 unspecified atom stereocenters. The zero-order valence-electron chi connectivity index (χ0n) is 14.2. The molecule has 1 fully saturated rings. The van der Waals surface area contributed by atoms with Crippen molar-refractivity contribution in [2.45, 2.75) is 32.5 Å². The zero-order chi connectivity index (χ0) is 16.7. The summed E-state index contributed by atoms with van der Waals surface area (Å²) in [7, 11) is 0. The predicted molar refractivity (Wildman–Crippen MR) is 95.0 cm³/mol. The number of ether oxygens (including phenoxy) is 1. The first kappa shape index (κ1) is 18.7. The lowest BCUT2D eigenvalue weighted by Gasteiger charge is -2.35. The molecule has 5 heteroatoms. The molecule has 0 amide bonds. The smallest absolute Gasteiger partial charge is 0.0900 e. The summed E-state index contributed by atoms with van der Waals surface area (Å²) in [5.41, 5.74) is 1.08. The summed E-state index contributed by atoms with van der Waals surface area (Å²) in [6, 6.07) is 7.66. The lowest BCUT2D eigenvalue weighted by Crippen LogP contribution is -2.49. The number of β-amino-alcohol motifs (C(OH)–C–C–N with tert-alkyl or cyclic N) is 1. The molecular weight excluding hydrogens is 312 g/mol. The quantitative estimate of drug-likeness (QED) is 0.789. The van der Waals surface area contributed by atoms with E-state index < -0.39 is 6.10 Å². The van der Waals surface area contributed by atoms with Crippen molar-refractivity contribution in [3.63, 3.8) is 0 Å². The molecule has 0 radical (unpaired) electrons. The number of benzene rings is 1. The Balaban J connectivity index is 1.67. The maximum absolute atomic E-state index is 10.2. The topological polar surface area (TPSA) is 35.9 Å². The van der Waals surface area contributed by atoms with Gasteiger partial charge in [0.15, 0.2) is 0 Å². The van der Waals surface area contributed by atoms with Crippen LogP contribution in [-0.4, -0.2) is 66.9 Å². The number of rotatable bonds is 8. The van der Waals surface area contributed by atoms with Gasteiger partial charge in [-0.1, -0.05) is 30.7 Å². The lowest BCUT2D eigenvalue weighted by atomic mass is 10.1. The van der Waals surface area contributed by atoms with Crippen molar-refractivity contribution in [2.75, 3.05) is 45.9 Å². The summed E-state index contributed by atoms with van der Waals surface area (Å²) in [4.78, 5) is 4.81. The Morgan fingerprint density at radius 2 is 1.74 bits per heavy atom. The summed E-state index contributed by atoms with van der Waals surface area (Å²) in [5, 5.41) is 10.9. The molecule has 0 aliphatic carbocycles. The van der Waals surface area contributed by atoms with Crippen LogP contribution in [0.4, 0.5) is 0 Å². The summed E-state index contributed by atoms with van der Waals surface area (Å²) in [6.45, 7) is 10.7. The Bertz CT molecular complexity index is 447. The first-order chi connectivity index (χ1) is 11.1. The fraction of sp³-hybridized carbons (Fsp3) is 0.667. The highest BCUT2D eigenvalue weighted by molar-refractivity contribution is 6.30. The zero-order valence-corrected chi connectivity index (χ0v) is 15.0. The van der Waals surface area contributed by atoms with Crippen LogP contribution in [0.1, 0.15) is 31.9 Å². The molecule has 1 aromatic rings. The van der Waals surface area contributed by atoms with E-state index in [1.807, 2.05) is 31.2 Å². The average molecular weight is 341 g/mol. The number of nitrogens with zero attached hydrogens (tertiary/aromatic N) is 2. The van der Waals surface area contributed by atoms with Gasteiger partial charge in [-0.15, -0.1) is 0 Å². The summed E-state index contributed by atoms with van der Waals surface area (Å²) < 4.78 is 5.80. The van der Waals surface area contributed by atoms with Crippen molar-refractivity contribution >= 4 is 11.6 Å². The molecule has 23 heavy (non-hydrogen) atoms. The van der Waals surface area contributed by atoms with Crippen molar-refractivity contribution in [1.82, 2.24) is 9.80 Å². The summed E-state index contributed by atoms with van der Waals surface area (Å²) >= 11 is 5.89. The third kappa shape index (κ3) is 6.40. The van der Waals surface area contributed by atoms with Crippen LogP contribution in [0.5, 0.6) is 0 Å². The standard InChI is InChI=1S/C18H29ClN2O2/c1-3-8-20-9-11-21(12-10-20)13-18(22)14-23-15(2)16-4-6-17(19)7-5-16/h4-7,15,18,22H,3,8-14H2,1-2H3/t15-,18+/m1/s1. The van der Waals surface area contributed by atoms with Crippen LogP contribution < -0.4 is 0 Å². The monoisotopic (exact) mass is 340 g/mol. The van der Waals surface area contributed by atoms with Gasteiger partial charge in [0.2, 0.25) is 0 Å². The number of aliphatic hydroxyl groups excluding tert-OH is 1. The van der Waals surface area contributed by atoms with Crippen LogP contribution in [0, 0.1) is 0 Å². The second-order valence-corrected chi connectivity index (χ2v) is 6.76. The minimum atomic E-state index is -0.442. The number of hydrogen-bond donors (Lipinski definition) is 1. The molecule has 0 aromatic heterocycles. The third-order valence-corrected chi connectivity index (χ3v) is 4.60. The van der Waals surface area contributed by atoms with Crippen LogP contribution >= 0.6 is 11.6 Å². The van der Waals surface area contributed by atoms with Gasteiger partial charge in [0, 0.05) is 37.7 Å². The van der Waals surface area contributed by atoms with Crippen LogP contribution in [0.25, 0.3) is 0 Å². The van der Waals surface area contributed by atoms with Gasteiger partial charge < -0.3 is 14.7 Å². The van der Waals surface area contributed by atoms with E-state index in [1.54, 1.807) is 0 Å². The van der Waals surface area contributed by atoms with Gasteiger partial charge in [0.1, 0.15) is 0 Å². The molecular formula is C18H29ClN2O2. The van der Waals surface area contributed by atoms with Gasteiger partial charge in [-0.25, -0.2) is 0 Å². The molecule has 1 heterocycles. The van der Waals surface area contributed by atoms with Gasteiger partial charge in [-0.2, -0.15) is 0 Å². The highest BCUT2D eigenvalue weighted by Gasteiger charge is 2.19. The van der Waals surface area contributed by atoms with Crippen LogP contribution in [0.15, 0.2) is 24.3 Å². The molecule has 2 rings (SSSR count). The van der Waals surface area contributed by atoms with E-state index in [-0.39, 0.29) is 6.10 Å². The lowest BCUT2D eigenvalue weighted by molar-refractivity contribution is -0.0209. The molecule has 2 atom stereocenters. The molecule has 1 N–H and O–H groups in total. The summed E-state index contributed by atoms with van der Waals surface area (Å²) in [5.74, 6) is 0. The van der Waals surface area contributed by atoms with Crippen molar-refractivity contribution < 1.29 is 9.84 Å².